The molecule has 1 aromatic heterocycles. The maximum Gasteiger partial charge on any atom is 0.253 e. The molecule has 1 atom stereocenters. The number of anilines is 1. The minimum absolute atomic E-state index is 0.0481. The third kappa shape index (κ3) is 4.73. The molecule has 0 aliphatic carbocycles. The molecule has 0 saturated heterocycles. The Kier molecular flexibility index (Phi) is 4.70. The van der Waals surface area contributed by atoms with Crippen LogP contribution in [0.4, 0.5) is 5.69 Å². The zero-order chi connectivity index (χ0) is 13.8. The summed E-state index contributed by atoms with van der Waals surface area (Å²) in [6, 6.07) is 2.01. The molecule has 0 radical (unpaired) electrons. The van der Waals surface area contributed by atoms with Crippen LogP contribution in [-0.4, -0.2) is 22.5 Å². The summed E-state index contributed by atoms with van der Waals surface area (Å²) < 4.78 is 0. The number of carbonyl (C=O) groups is 1. The van der Waals surface area contributed by atoms with Gasteiger partial charge in [0.1, 0.15) is 0 Å². The van der Waals surface area contributed by atoms with Gasteiger partial charge in [-0.15, -0.1) is 0 Å². The van der Waals surface area contributed by atoms with Gasteiger partial charge in [-0.05, 0) is 40.2 Å². The summed E-state index contributed by atoms with van der Waals surface area (Å²) in [5, 5.41) is 6.23. The lowest BCUT2D eigenvalue weighted by atomic mass is 10.1. The SMILES string of the molecule is CCC(C)NC(=O)c1cncc(NC(C)(C)C)c1. The summed E-state index contributed by atoms with van der Waals surface area (Å²) in [5.74, 6) is -0.0746. The van der Waals surface area contributed by atoms with E-state index in [9.17, 15) is 4.79 Å². The van der Waals surface area contributed by atoms with Gasteiger partial charge >= 0.3 is 0 Å². The lowest BCUT2D eigenvalue weighted by Crippen LogP contribution is -2.32. The van der Waals surface area contributed by atoms with Gasteiger partial charge in [0.2, 0.25) is 0 Å². The molecule has 1 rings (SSSR count). The molecule has 100 valence electrons. The number of hydrogen-bond donors (Lipinski definition) is 2. The van der Waals surface area contributed by atoms with E-state index in [-0.39, 0.29) is 17.5 Å². The van der Waals surface area contributed by atoms with E-state index in [0.717, 1.165) is 12.1 Å². The zero-order valence-electron chi connectivity index (χ0n) is 11.9. The number of nitrogens with one attached hydrogen (secondary N) is 2. The number of amides is 1. The number of carbonyl (C=O) groups excluding carboxylic acids is 1. The largest absolute Gasteiger partial charge is 0.379 e. The van der Waals surface area contributed by atoms with Crippen LogP contribution in [0.3, 0.4) is 0 Å². The molecule has 0 saturated carbocycles. The predicted octanol–water partition coefficient (Wildman–Crippen LogP) is 2.82. The monoisotopic (exact) mass is 249 g/mol. The van der Waals surface area contributed by atoms with Crippen LogP contribution in [0, 0.1) is 0 Å². The molecule has 0 fully saturated rings. The first kappa shape index (κ1) is 14.5. The summed E-state index contributed by atoms with van der Waals surface area (Å²) >= 11 is 0. The summed E-state index contributed by atoms with van der Waals surface area (Å²) in [5.41, 5.74) is 1.40. The van der Waals surface area contributed by atoms with Crippen molar-refractivity contribution >= 4 is 11.6 Å². The normalized spacial score (nSPS) is 12.9. The lowest BCUT2D eigenvalue weighted by Gasteiger charge is -2.22. The maximum absolute atomic E-state index is 12.0. The van der Waals surface area contributed by atoms with Crippen LogP contribution in [0.25, 0.3) is 0 Å². The molecular formula is C14H23N3O. The second kappa shape index (κ2) is 5.85. The van der Waals surface area contributed by atoms with Gasteiger partial charge in [-0.3, -0.25) is 9.78 Å². The van der Waals surface area contributed by atoms with Gasteiger partial charge in [-0.1, -0.05) is 6.92 Å². The van der Waals surface area contributed by atoms with Gasteiger partial charge < -0.3 is 10.6 Å². The Balaban J connectivity index is 2.79. The smallest absolute Gasteiger partial charge is 0.253 e. The number of nitrogens with zero attached hydrogens (tertiary/aromatic N) is 1. The molecular weight excluding hydrogens is 226 g/mol. The van der Waals surface area contributed by atoms with Crippen LogP contribution in [0.15, 0.2) is 18.5 Å². The van der Waals surface area contributed by atoms with Crippen LogP contribution in [-0.2, 0) is 0 Å². The molecule has 0 bridgehead atoms. The van der Waals surface area contributed by atoms with Crippen LogP contribution < -0.4 is 10.6 Å². The fourth-order valence-corrected chi connectivity index (χ4v) is 1.47. The molecule has 4 heteroatoms. The van der Waals surface area contributed by atoms with Crippen LogP contribution in [0.2, 0.25) is 0 Å². The van der Waals surface area contributed by atoms with E-state index in [0.29, 0.717) is 5.56 Å². The van der Waals surface area contributed by atoms with E-state index in [1.807, 2.05) is 19.9 Å². The Hall–Kier alpha value is -1.58. The van der Waals surface area contributed by atoms with Crippen molar-refractivity contribution in [1.29, 1.82) is 0 Å². The quantitative estimate of drug-likeness (QED) is 0.862. The highest BCUT2D eigenvalue weighted by Crippen LogP contribution is 2.14. The zero-order valence-corrected chi connectivity index (χ0v) is 11.9. The fraction of sp³-hybridized carbons (Fsp3) is 0.571. The second-order valence-corrected chi connectivity index (χ2v) is 5.62. The fourth-order valence-electron chi connectivity index (χ4n) is 1.47. The summed E-state index contributed by atoms with van der Waals surface area (Å²) in [4.78, 5) is 16.1. The van der Waals surface area contributed by atoms with Crippen molar-refractivity contribution in [2.75, 3.05) is 5.32 Å². The molecule has 0 aliphatic rings. The molecule has 4 nitrogen and oxygen atoms in total. The standard InChI is InChI=1S/C14H23N3O/c1-6-10(2)16-13(18)11-7-12(9-15-8-11)17-14(3,4)5/h7-10,17H,6H2,1-5H3,(H,16,18). The van der Waals surface area contributed by atoms with Gasteiger partial charge in [-0.25, -0.2) is 0 Å². The lowest BCUT2D eigenvalue weighted by molar-refractivity contribution is 0.0939. The number of hydrogen-bond acceptors (Lipinski definition) is 3. The molecule has 1 amide bonds. The van der Waals surface area contributed by atoms with Gasteiger partial charge in [0, 0.05) is 24.0 Å². The molecule has 0 aromatic carbocycles. The Morgan fingerprint density at radius 1 is 1.39 bits per heavy atom. The minimum atomic E-state index is -0.0746. The molecule has 18 heavy (non-hydrogen) atoms. The summed E-state index contributed by atoms with van der Waals surface area (Å²) in [6.45, 7) is 10.2. The Labute approximate surface area is 109 Å². The highest BCUT2D eigenvalue weighted by molar-refractivity contribution is 5.94. The summed E-state index contributed by atoms with van der Waals surface area (Å²) in [6.07, 6.45) is 4.23. The molecule has 1 unspecified atom stereocenters. The van der Waals surface area contributed by atoms with Crippen molar-refractivity contribution in [1.82, 2.24) is 10.3 Å². The Bertz CT molecular complexity index is 410. The highest BCUT2D eigenvalue weighted by atomic mass is 16.1. The number of pyridine rings is 1. The first-order valence-corrected chi connectivity index (χ1v) is 6.36. The van der Waals surface area contributed by atoms with E-state index < -0.39 is 0 Å². The van der Waals surface area contributed by atoms with E-state index in [1.165, 1.54) is 0 Å². The molecule has 0 spiro atoms. The Morgan fingerprint density at radius 3 is 2.61 bits per heavy atom. The van der Waals surface area contributed by atoms with E-state index in [1.54, 1.807) is 12.4 Å². The van der Waals surface area contributed by atoms with Crippen molar-refractivity contribution in [3.05, 3.63) is 24.0 Å². The molecule has 0 aliphatic heterocycles. The first-order valence-electron chi connectivity index (χ1n) is 6.36. The average Bonchev–Trinajstić information content (AvgIpc) is 2.26. The van der Waals surface area contributed by atoms with Gasteiger partial charge in [-0.2, -0.15) is 0 Å². The number of aromatic nitrogens is 1. The number of rotatable bonds is 4. The van der Waals surface area contributed by atoms with E-state index >= 15 is 0 Å². The van der Waals surface area contributed by atoms with Crippen LogP contribution in [0.1, 0.15) is 51.4 Å². The topological polar surface area (TPSA) is 54.0 Å². The minimum Gasteiger partial charge on any atom is -0.379 e. The van der Waals surface area contributed by atoms with Crippen LogP contribution in [0.5, 0.6) is 0 Å². The third-order valence-electron chi connectivity index (χ3n) is 2.51. The van der Waals surface area contributed by atoms with E-state index in [2.05, 4.69) is 36.4 Å². The second-order valence-electron chi connectivity index (χ2n) is 5.62. The van der Waals surface area contributed by atoms with Crippen molar-refractivity contribution in [3.63, 3.8) is 0 Å². The molecule has 1 aromatic rings. The van der Waals surface area contributed by atoms with Crippen molar-refractivity contribution < 1.29 is 4.79 Å². The highest BCUT2D eigenvalue weighted by Gasteiger charge is 2.12. The van der Waals surface area contributed by atoms with Crippen molar-refractivity contribution in [2.24, 2.45) is 0 Å². The Morgan fingerprint density at radius 2 is 2.06 bits per heavy atom. The third-order valence-corrected chi connectivity index (χ3v) is 2.51. The van der Waals surface area contributed by atoms with Gasteiger partial charge in [0.05, 0.1) is 11.3 Å². The van der Waals surface area contributed by atoms with Crippen LogP contribution >= 0.6 is 0 Å². The maximum atomic E-state index is 12.0. The summed E-state index contributed by atoms with van der Waals surface area (Å²) in [7, 11) is 0. The predicted molar refractivity (Wildman–Crippen MR) is 74.8 cm³/mol. The van der Waals surface area contributed by atoms with Crippen molar-refractivity contribution in [2.45, 2.75) is 52.6 Å². The van der Waals surface area contributed by atoms with Gasteiger partial charge in [0.15, 0.2) is 0 Å². The van der Waals surface area contributed by atoms with Gasteiger partial charge in [0.25, 0.3) is 5.91 Å². The van der Waals surface area contributed by atoms with Crippen molar-refractivity contribution in [3.8, 4) is 0 Å². The van der Waals surface area contributed by atoms with E-state index in [4.69, 9.17) is 0 Å². The average molecular weight is 249 g/mol. The molecule has 2 N–H and O–H groups in total. The molecule has 1 heterocycles. The first-order chi connectivity index (χ1) is 8.31.